The van der Waals surface area contributed by atoms with Crippen LogP contribution in [0.15, 0.2) is 42.5 Å². The van der Waals surface area contributed by atoms with E-state index in [9.17, 15) is 9.59 Å². The molecule has 0 N–H and O–H groups in total. The fourth-order valence-electron chi connectivity index (χ4n) is 5.43. The number of hydrogen-bond acceptors (Lipinski definition) is 4. The summed E-state index contributed by atoms with van der Waals surface area (Å²) in [6, 6.07) is 14.0. The van der Waals surface area contributed by atoms with Gasteiger partial charge in [0.1, 0.15) is 0 Å². The van der Waals surface area contributed by atoms with Crippen molar-refractivity contribution in [1.82, 2.24) is 9.80 Å². The molecule has 5 rings (SSSR count). The van der Waals surface area contributed by atoms with Gasteiger partial charge in [0.15, 0.2) is 11.5 Å². The highest BCUT2D eigenvalue weighted by Crippen LogP contribution is 2.52. The maximum absolute atomic E-state index is 13.1. The van der Waals surface area contributed by atoms with E-state index < -0.39 is 0 Å². The van der Waals surface area contributed by atoms with Crippen molar-refractivity contribution in [3.05, 3.63) is 59.2 Å². The average Bonchev–Trinajstić information content (AvgIpc) is 3.37. The van der Waals surface area contributed by atoms with Gasteiger partial charge >= 0.3 is 0 Å². The van der Waals surface area contributed by atoms with Gasteiger partial charge in [-0.05, 0) is 59.9 Å². The minimum Gasteiger partial charge on any atom is -0.454 e. The van der Waals surface area contributed by atoms with Crippen molar-refractivity contribution in [2.45, 2.75) is 37.0 Å². The number of ether oxygens (including phenoxy) is 2. The SMILES string of the molecule is CN(C)C(=O)C[C@@H]1CC2(CCN(C(=O)c3ccc4c(c3)OCO4)CC2)c2ccccc21. The molecule has 1 aliphatic carbocycles. The molecular formula is C25H28N2O4. The van der Waals surface area contributed by atoms with Crippen LogP contribution >= 0.6 is 0 Å². The summed E-state index contributed by atoms with van der Waals surface area (Å²) in [7, 11) is 3.64. The molecule has 1 saturated heterocycles. The Morgan fingerprint density at radius 3 is 2.58 bits per heavy atom. The van der Waals surface area contributed by atoms with Crippen molar-refractivity contribution >= 4 is 11.8 Å². The molecule has 0 aromatic heterocycles. The van der Waals surface area contributed by atoms with Gasteiger partial charge in [0.05, 0.1) is 0 Å². The third-order valence-electron chi connectivity index (χ3n) is 7.16. The number of rotatable bonds is 3. The van der Waals surface area contributed by atoms with Gasteiger partial charge in [-0.15, -0.1) is 0 Å². The molecular weight excluding hydrogens is 392 g/mol. The number of likely N-dealkylation sites (tertiary alicyclic amines) is 1. The highest BCUT2D eigenvalue weighted by molar-refractivity contribution is 5.95. The Labute approximate surface area is 182 Å². The van der Waals surface area contributed by atoms with Crippen LogP contribution in [0.5, 0.6) is 11.5 Å². The van der Waals surface area contributed by atoms with Crippen LogP contribution in [-0.2, 0) is 10.2 Å². The van der Waals surface area contributed by atoms with Crippen LogP contribution in [0.2, 0.25) is 0 Å². The maximum atomic E-state index is 13.1. The number of benzene rings is 2. The molecule has 2 aliphatic heterocycles. The zero-order valence-corrected chi connectivity index (χ0v) is 18.1. The molecule has 2 aromatic carbocycles. The summed E-state index contributed by atoms with van der Waals surface area (Å²) < 4.78 is 10.8. The third-order valence-corrected chi connectivity index (χ3v) is 7.16. The molecule has 0 radical (unpaired) electrons. The first-order chi connectivity index (χ1) is 15.0. The Bertz CT molecular complexity index is 1020. The molecule has 6 heteroatoms. The van der Waals surface area contributed by atoms with E-state index in [1.165, 1.54) is 11.1 Å². The van der Waals surface area contributed by atoms with Crippen molar-refractivity contribution in [1.29, 1.82) is 0 Å². The summed E-state index contributed by atoms with van der Waals surface area (Å²) in [4.78, 5) is 29.2. The quantitative estimate of drug-likeness (QED) is 0.762. The first kappa shape index (κ1) is 19.9. The van der Waals surface area contributed by atoms with Gasteiger partial charge in [-0.1, -0.05) is 24.3 Å². The molecule has 0 unspecified atom stereocenters. The number of carbonyl (C=O) groups excluding carboxylic acids is 2. The van der Waals surface area contributed by atoms with Crippen LogP contribution in [0.3, 0.4) is 0 Å². The summed E-state index contributed by atoms with van der Waals surface area (Å²) in [6.07, 6.45) is 3.38. The lowest BCUT2D eigenvalue weighted by atomic mass is 9.73. The monoisotopic (exact) mass is 420 g/mol. The highest BCUT2D eigenvalue weighted by Gasteiger charge is 2.46. The maximum Gasteiger partial charge on any atom is 0.253 e. The Hall–Kier alpha value is -3.02. The lowest BCUT2D eigenvalue weighted by Crippen LogP contribution is -2.44. The predicted molar refractivity (Wildman–Crippen MR) is 116 cm³/mol. The van der Waals surface area contributed by atoms with Crippen molar-refractivity contribution in [3.8, 4) is 11.5 Å². The molecule has 162 valence electrons. The van der Waals surface area contributed by atoms with Gasteiger partial charge in [0.25, 0.3) is 5.91 Å². The second-order valence-corrected chi connectivity index (χ2v) is 9.12. The van der Waals surface area contributed by atoms with Crippen molar-refractivity contribution in [2.75, 3.05) is 34.0 Å². The molecule has 31 heavy (non-hydrogen) atoms. The van der Waals surface area contributed by atoms with E-state index in [2.05, 4.69) is 24.3 Å². The average molecular weight is 421 g/mol. The van der Waals surface area contributed by atoms with Crippen LogP contribution in [0, 0.1) is 0 Å². The van der Waals surface area contributed by atoms with E-state index in [0.717, 1.165) is 32.4 Å². The van der Waals surface area contributed by atoms with Crippen LogP contribution in [-0.4, -0.2) is 55.6 Å². The molecule has 1 atom stereocenters. The molecule has 0 saturated carbocycles. The van der Waals surface area contributed by atoms with E-state index in [1.807, 2.05) is 25.1 Å². The van der Waals surface area contributed by atoms with E-state index in [-0.39, 0.29) is 29.9 Å². The molecule has 0 bridgehead atoms. The summed E-state index contributed by atoms with van der Waals surface area (Å²) in [5.41, 5.74) is 3.39. The molecule has 1 spiro atoms. The number of carbonyl (C=O) groups is 2. The molecule has 3 aliphatic rings. The van der Waals surface area contributed by atoms with E-state index in [0.29, 0.717) is 23.5 Å². The summed E-state index contributed by atoms with van der Waals surface area (Å²) in [6.45, 7) is 1.64. The van der Waals surface area contributed by atoms with Gasteiger partial charge in [0.2, 0.25) is 12.7 Å². The van der Waals surface area contributed by atoms with Gasteiger partial charge in [-0.3, -0.25) is 9.59 Å². The van der Waals surface area contributed by atoms with E-state index in [4.69, 9.17) is 9.47 Å². The second kappa shape index (κ2) is 7.59. The van der Waals surface area contributed by atoms with Gasteiger partial charge in [-0.2, -0.15) is 0 Å². The summed E-state index contributed by atoms with van der Waals surface area (Å²) >= 11 is 0. The Balaban J connectivity index is 1.32. The zero-order chi connectivity index (χ0) is 21.6. The first-order valence-corrected chi connectivity index (χ1v) is 11.0. The van der Waals surface area contributed by atoms with Gasteiger partial charge in [-0.25, -0.2) is 0 Å². The largest absolute Gasteiger partial charge is 0.454 e. The Kier molecular flexibility index (Phi) is 4.88. The van der Waals surface area contributed by atoms with Gasteiger partial charge < -0.3 is 19.3 Å². The normalized spacial score (nSPS) is 20.6. The van der Waals surface area contributed by atoms with E-state index >= 15 is 0 Å². The van der Waals surface area contributed by atoms with Crippen LogP contribution < -0.4 is 9.47 Å². The second-order valence-electron chi connectivity index (χ2n) is 9.12. The molecule has 1 fully saturated rings. The molecule has 2 heterocycles. The number of hydrogen-bond donors (Lipinski definition) is 0. The fourth-order valence-corrected chi connectivity index (χ4v) is 5.43. The number of amides is 2. The highest BCUT2D eigenvalue weighted by atomic mass is 16.7. The smallest absolute Gasteiger partial charge is 0.253 e. The summed E-state index contributed by atoms with van der Waals surface area (Å²) in [5, 5.41) is 0. The minimum atomic E-state index is 0.0405. The fraction of sp³-hybridized carbons (Fsp3) is 0.440. The third kappa shape index (κ3) is 3.44. The summed E-state index contributed by atoms with van der Waals surface area (Å²) in [5.74, 6) is 1.79. The topological polar surface area (TPSA) is 59.1 Å². The Morgan fingerprint density at radius 2 is 1.81 bits per heavy atom. The van der Waals surface area contributed by atoms with Crippen molar-refractivity contribution < 1.29 is 19.1 Å². The molecule has 6 nitrogen and oxygen atoms in total. The van der Waals surface area contributed by atoms with E-state index in [1.54, 1.807) is 17.0 Å². The molecule has 2 aromatic rings. The number of fused-ring (bicyclic) bond motifs is 3. The predicted octanol–water partition coefficient (Wildman–Crippen LogP) is 3.55. The number of nitrogens with zero attached hydrogens (tertiary/aromatic N) is 2. The van der Waals surface area contributed by atoms with Crippen LogP contribution in [0.25, 0.3) is 0 Å². The van der Waals surface area contributed by atoms with Crippen LogP contribution in [0.1, 0.15) is 53.1 Å². The molecule has 2 amide bonds. The van der Waals surface area contributed by atoms with Crippen molar-refractivity contribution in [2.24, 2.45) is 0 Å². The lowest BCUT2D eigenvalue weighted by molar-refractivity contribution is -0.129. The lowest BCUT2D eigenvalue weighted by Gasteiger charge is -2.40. The first-order valence-electron chi connectivity index (χ1n) is 11.0. The standard InChI is InChI=1S/C25H28N2O4/c1-26(2)23(28)14-18-15-25(20-6-4-3-5-19(18)20)9-11-27(12-10-25)24(29)17-7-8-21-22(13-17)31-16-30-21/h3-8,13,18H,9-12,14-16H2,1-2H3/t18-/m1/s1. The van der Waals surface area contributed by atoms with Crippen molar-refractivity contribution in [3.63, 3.8) is 0 Å². The zero-order valence-electron chi connectivity index (χ0n) is 18.1. The number of piperidine rings is 1. The van der Waals surface area contributed by atoms with Gasteiger partial charge in [0, 0.05) is 39.2 Å². The van der Waals surface area contributed by atoms with Crippen LogP contribution in [0.4, 0.5) is 0 Å². The Morgan fingerprint density at radius 1 is 1.06 bits per heavy atom. The minimum absolute atomic E-state index is 0.0405.